The zero-order valence-corrected chi connectivity index (χ0v) is 16.2. The number of hydrogen-bond acceptors (Lipinski definition) is 4. The lowest BCUT2D eigenvalue weighted by atomic mass is 9.78. The van der Waals surface area contributed by atoms with Crippen LogP contribution in [0.2, 0.25) is 0 Å². The van der Waals surface area contributed by atoms with Crippen molar-refractivity contribution in [3.8, 4) is 0 Å². The first-order valence-corrected chi connectivity index (χ1v) is 9.12. The highest BCUT2D eigenvalue weighted by Crippen LogP contribution is 2.36. The number of piperidine rings is 1. The molecular weight excluding hydrogens is 336 g/mol. The molecule has 2 fully saturated rings. The first-order chi connectivity index (χ1) is 12.1. The van der Waals surface area contributed by atoms with Gasteiger partial charge in [-0.2, -0.15) is 0 Å². The number of halogens is 1. The van der Waals surface area contributed by atoms with Crippen molar-refractivity contribution in [3.05, 3.63) is 29.6 Å². The molecule has 0 spiro atoms. The predicted molar refractivity (Wildman–Crippen MR) is 98.1 cm³/mol. The molecule has 2 heterocycles. The molecule has 5 nitrogen and oxygen atoms in total. The zero-order valence-electron chi connectivity index (χ0n) is 16.2. The molecule has 1 amide bonds. The Morgan fingerprint density at radius 3 is 2.27 bits per heavy atom. The zero-order chi connectivity index (χ0) is 19.1. The maximum atomic E-state index is 14.7. The molecule has 0 bridgehead atoms. The molecule has 0 aromatic heterocycles. The van der Waals surface area contributed by atoms with E-state index >= 15 is 0 Å². The van der Waals surface area contributed by atoms with Crippen molar-refractivity contribution in [3.63, 3.8) is 0 Å². The van der Waals surface area contributed by atoms with Gasteiger partial charge >= 0.3 is 7.12 Å². The second-order valence-corrected chi connectivity index (χ2v) is 8.05. The molecule has 0 atom stereocenters. The van der Waals surface area contributed by atoms with Crippen molar-refractivity contribution in [2.24, 2.45) is 0 Å². The average Bonchev–Trinajstić information content (AvgIpc) is 2.82. The van der Waals surface area contributed by atoms with Crippen molar-refractivity contribution in [1.82, 2.24) is 4.90 Å². The van der Waals surface area contributed by atoms with Crippen LogP contribution in [0.5, 0.6) is 0 Å². The molecule has 2 aliphatic rings. The smallest absolute Gasteiger partial charge is 0.399 e. The number of rotatable bonds is 3. The largest absolute Gasteiger partial charge is 0.494 e. The number of carbonyl (C=O) groups excluding carboxylic acids is 1. The van der Waals surface area contributed by atoms with Crippen molar-refractivity contribution in [2.75, 3.05) is 20.2 Å². The SMILES string of the molecule is COC1CCN(C(=O)c2ccc(B3OC(C)(C)C(C)(C)O3)cc2F)CC1. The third-order valence-corrected chi connectivity index (χ3v) is 5.81. The van der Waals surface area contributed by atoms with Crippen LogP contribution in [-0.2, 0) is 14.0 Å². The van der Waals surface area contributed by atoms with Crippen molar-refractivity contribution < 1.29 is 23.2 Å². The molecule has 142 valence electrons. The van der Waals surface area contributed by atoms with Crippen LogP contribution < -0.4 is 5.46 Å². The summed E-state index contributed by atoms with van der Waals surface area (Å²) >= 11 is 0. The van der Waals surface area contributed by atoms with E-state index in [1.165, 1.54) is 12.1 Å². The third kappa shape index (κ3) is 3.52. The van der Waals surface area contributed by atoms with Gasteiger partial charge in [0, 0.05) is 20.2 Å². The Hall–Kier alpha value is -1.44. The summed E-state index contributed by atoms with van der Waals surface area (Å²) in [6.07, 6.45) is 1.72. The molecule has 0 aliphatic carbocycles. The number of benzene rings is 1. The van der Waals surface area contributed by atoms with Crippen LogP contribution in [0, 0.1) is 5.82 Å². The van der Waals surface area contributed by atoms with E-state index in [4.69, 9.17) is 14.0 Å². The van der Waals surface area contributed by atoms with Crippen LogP contribution in [0.25, 0.3) is 0 Å². The molecule has 0 N–H and O–H groups in total. The average molecular weight is 363 g/mol. The van der Waals surface area contributed by atoms with Crippen molar-refractivity contribution >= 4 is 18.5 Å². The molecule has 7 heteroatoms. The Balaban J connectivity index is 1.73. The monoisotopic (exact) mass is 363 g/mol. The molecule has 0 saturated carbocycles. The second-order valence-electron chi connectivity index (χ2n) is 8.05. The van der Waals surface area contributed by atoms with E-state index in [-0.39, 0.29) is 17.6 Å². The number of likely N-dealkylation sites (tertiary alicyclic amines) is 1. The quantitative estimate of drug-likeness (QED) is 0.774. The van der Waals surface area contributed by atoms with Crippen LogP contribution >= 0.6 is 0 Å². The van der Waals surface area contributed by atoms with E-state index in [9.17, 15) is 9.18 Å². The molecule has 1 aromatic carbocycles. The highest BCUT2D eigenvalue weighted by atomic mass is 19.1. The number of ether oxygens (including phenoxy) is 1. The topological polar surface area (TPSA) is 48.0 Å². The number of nitrogens with zero attached hydrogens (tertiary/aromatic N) is 1. The summed E-state index contributed by atoms with van der Waals surface area (Å²) in [5.74, 6) is -0.825. The van der Waals surface area contributed by atoms with Crippen LogP contribution in [0.4, 0.5) is 4.39 Å². The van der Waals surface area contributed by atoms with E-state index < -0.39 is 24.1 Å². The van der Waals surface area contributed by atoms with Crippen molar-refractivity contribution in [1.29, 1.82) is 0 Å². The summed E-state index contributed by atoms with van der Waals surface area (Å²) in [5.41, 5.74) is -0.320. The van der Waals surface area contributed by atoms with Gasteiger partial charge in [-0.1, -0.05) is 6.07 Å². The summed E-state index contributed by atoms with van der Waals surface area (Å²) in [4.78, 5) is 14.3. The summed E-state index contributed by atoms with van der Waals surface area (Å²) in [5, 5.41) is 0. The maximum Gasteiger partial charge on any atom is 0.494 e. The van der Waals surface area contributed by atoms with Gasteiger partial charge in [0.25, 0.3) is 5.91 Å². The second kappa shape index (κ2) is 6.95. The highest BCUT2D eigenvalue weighted by Gasteiger charge is 2.51. The van der Waals surface area contributed by atoms with E-state index in [1.807, 2.05) is 27.7 Å². The number of amides is 1. The minimum atomic E-state index is -0.643. The first-order valence-electron chi connectivity index (χ1n) is 9.12. The van der Waals surface area contributed by atoms with Gasteiger partial charge < -0.3 is 18.9 Å². The Labute approximate surface area is 154 Å². The summed E-state index contributed by atoms with van der Waals surface area (Å²) < 4.78 is 31.9. The minimum absolute atomic E-state index is 0.0844. The molecule has 3 rings (SSSR count). The Bertz CT molecular complexity index is 670. The summed E-state index contributed by atoms with van der Waals surface area (Å²) in [6.45, 7) is 8.96. The van der Waals surface area contributed by atoms with Gasteiger partial charge in [-0.25, -0.2) is 4.39 Å². The van der Waals surface area contributed by atoms with Crippen LogP contribution in [0.15, 0.2) is 18.2 Å². The standard InChI is InChI=1S/C19H27BFNO4/c1-18(2)19(3,4)26-20(25-18)13-6-7-15(16(21)12-13)17(23)22-10-8-14(24-5)9-11-22/h6-7,12,14H,8-11H2,1-5H3. The Morgan fingerprint density at radius 1 is 1.19 bits per heavy atom. The summed E-state index contributed by atoms with van der Waals surface area (Å²) in [7, 11) is 1.03. The lowest BCUT2D eigenvalue weighted by Crippen LogP contribution is -2.41. The fourth-order valence-corrected chi connectivity index (χ4v) is 3.30. The summed E-state index contributed by atoms with van der Waals surface area (Å²) in [6, 6.07) is 4.58. The van der Waals surface area contributed by atoms with E-state index in [2.05, 4.69) is 0 Å². The van der Waals surface area contributed by atoms with Gasteiger partial charge in [0.1, 0.15) is 5.82 Å². The molecule has 2 aliphatic heterocycles. The maximum absolute atomic E-state index is 14.7. The molecule has 0 unspecified atom stereocenters. The van der Waals surface area contributed by atoms with E-state index in [0.29, 0.717) is 18.6 Å². The Kier molecular flexibility index (Phi) is 5.16. The fourth-order valence-electron chi connectivity index (χ4n) is 3.30. The minimum Gasteiger partial charge on any atom is -0.399 e. The Morgan fingerprint density at radius 2 is 1.77 bits per heavy atom. The van der Waals surface area contributed by atoms with Crippen molar-refractivity contribution in [2.45, 2.75) is 57.8 Å². The fraction of sp³-hybridized carbons (Fsp3) is 0.632. The number of carbonyl (C=O) groups is 1. The molecular formula is C19H27BFNO4. The van der Waals surface area contributed by atoms with Crippen LogP contribution in [0.1, 0.15) is 50.9 Å². The van der Waals surface area contributed by atoms with Gasteiger partial charge in [-0.05, 0) is 58.1 Å². The van der Waals surface area contributed by atoms with E-state index in [1.54, 1.807) is 18.1 Å². The number of hydrogen-bond donors (Lipinski definition) is 0. The van der Waals surface area contributed by atoms with Gasteiger partial charge in [0.15, 0.2) is 0 Å². The third-order valence-electron chi connectivity index (χ3n) is 5.81. The normalized spacial score (nSPS) is 22.7. The van der Waals surface area contributed by atoms with Gasteiger partial charge in [0.05, 0.1) is 22.9 Å². The lowest BCUT2D eigenvalue weighted by molar-refractivity contribution is 0.00578. The lowest BCUT2D eigenvalue weighted by Gasteiger charge is -2.32. The first kappa shape index (κ1) is 19.3. The van der Waals surface area contributed by atoms with Crippen LogP contribution in [-0.4, -0.2) is 55.4 Å². The molecule has 26 heavy (non-hydrogen) atoms. The molecule has 0 radical (unpaired) electrons. The van der Waals surface area contributed by atoms with Crippen LogP contribution in [0.3, 0.4) is 0 Å². The van der Waals surface area contributed by atoms with Gasteiger partial charge in [-0.3, -0.25) is 4.79 Å². The molecule has 2 saturated heterocycles. The molecule has 1 aromatic rings. The van der Waals surface area contributed by atoms with Gasteiger partial charge in [-0.15, -0.1) is 0 Å². The number of methoxy groups -OCH3 is 1. The predicted octanol–water partition coefficient (Wildman–Crippen LogP) is 2.38. The van der Waals surface area contributed by atoms with E-state index in [0.717, 1.165) is 12.8 Å². The highest BCUT2D eigenvalue weighted by molar-refractivity contribution is 6.62. The van der Waals surface area contributed by atoms with Gasteiger partial charge in [0.2, 0.25) is 0 Å².